The molecule has 1 N–H and O–H groups in total. The van der Waals surface area contributed by atoms with Crippen molar-refractivity contribution in [1.82, 2.24) is 19.7 Å². The number of thioether (sulfide) groups is 1. The van der Waals surface area contributed by atoms with Gasteiger partial charge in [0, 0.05) is 18.6 Å². The number of benzene rings is 1. The van der Waals surface area contributed by atoms with Crippen molar-refractivity contribution in [3.63, 3.8) is 0 Å². The van der Waals surface area contributed by atoms with Gasteiger partial charge in [0.15, 0.2) is 5.16 Å². The second-order valence-electron chi connectivity index (χ2n) is 4.40. The van der Waals surface area contributed by atoms with E-state index in [1.165, 1.54) is 0 Å². The molecule has 0 saturated carbocycles. The molecule has 0 unspecified atom stereocenters. The fourth-order valence-electron chi connectivity index (χ4n) is 2.02. The van der Waals surface area contributed by atoms with Crippen molar-refractivity contribution in [3.05, 3.63) is 36.5 Å². The fraction of sp³-hybridized carbons (Fsp3) is 0.143. The van der Waals surface area contributed by atoms with E-state index >= 15 is 0 Å². The highest BCUT2D eigenvalue weighted by atomic mass is 32.2. The highest BCUT2D eigenvalue weighted by Gasteiger charge is 2.14. The lowest BCUT2D eigenvalue weighted by atomic mass is 10.1. The van der Waals surface area contributed by atoms with Crippen LogP contribution in [-0.2, 0) is 11.8 Å². The number of aromatic nitrogens is 4. The number of hydrogen-bond donors (Lipinski definition) is 1. The number of fused-ring (bicyclic) bond motifs is 1. The van der Waals surface area contributed by atoms with Crippen LogP contribution in [0.2, 0.25) is 0 Å². The monoisotopic (exact) mass is 300 g/mol. The zero-order chi connectivity index (χ0) is 14.8. The SMILES string of the molecule is Cn1nc(-c2nccc3ccccc23)nc1SCC(=O)O. The van der Waals surface area contributed by atoms with Crippen LogP contribution in [0.15, 0.2) is 41.7 Å². The number of carboxylic acids is 1. The van der Waals surface area contributed by atoms with Gasteiger partial charge in [0.05, 0.1) is 5.75 Å². The maximum absolute atomic E-state index is 10.6. The molecule has 0 aliphatic carbocycles. The third-order valence-corrected chi connectivity index (χ3v) is 3.94. The summed E-state index contributed by atoms with van der Waals surface area (Å²) < 4.78 is 1.58. The predicted octanol–water partition coefficient (Wildman–Crippen LogP) is 2.21. The topological polar surface area (TPSA) is 80.9 Å². The molecule has 0 amide bonds. The third-order valence-electron chi connectivity index (χ3n) is 2.93. The minimum Gasteiger partial charge on any atom is -0.481 e. The van der Waals surface area contributed by atoms with E-state index in [2.05, 4.69) is 15.1 Å². The molecule has 0 atom stereocenters. The summed E-state index contributed by atoms with van der Waals surface area (Å²) >= 11 is 1.14. The van der Waals surface area contributed by atoms with Crippen molar-refractivity contribution >= 4 is 28.5 Å². The molecule has 3 aromatic rings. The van der Waals surface area contributed by atoms with Gasteiger partial charge in [-0.15, -0.1) is 5.10 Å². The van der Waals surface area contributed by atoms with Gasteiger partial charge in [-0.3, -0.25) is 9.78 Å². The molecule has 7 heteroatoms. The zero-order valence-corrected chi connectivity index (χ0v) is 12.0. The number of rotatable bonds is 4. The molecule has 0 aliphatic rings. The number of pyridine rings is 1. The molecule has 6 nitrogen and oxygen atoms in total. The average molecular weight is 300 g/mol. The van der Waals surface area contributed by atoms with Crippen LogP contribution >= 0.6 is 11.8 Å². The van der Waals surface area contributed by atoms with Gasteiger partial charge in [-0.2, -0.15) is 4.98 Å². The number of hydrogen-bond acceptors (Lipinski definition) is 5. The van der Waals surface area contributed by atoms with Crippen molar-refractivity contribution in [1.29, 1.82) is 0 Å². The van der Waals surface area contributed by atoms with Gasteiger partial charge in [0.25, 0.3) is 0 Å². The van der Waals surface area contributed by atoms with Crippen molar-refractivity contribution in [2.45, 2.75) is 5.16 Å². The minimum absolute atomic E-state index is 0.0467. The Balaban J connectivity index is 2.03. The summed E-state index contributed by atoms with van der Waals surface area (Å²) in [4.78, 5) is 19.4. The average Bonchev–Trinajstić information content (AvgIpc) is 2.85. The van der Waals surface area contributed by atoms with Gasteiger partial charge in [0.1, 0.15) is 5.69 Å². The molecule has 2 heterocycles. The van der Waals surface area contributed by atoms with Crippen LogP contribution < -0.4 is 0 Å². The van der Waals surface area contributed by atoms with Crippen molar-refractivity contribution < 1.29 is 9.90 Å². The van der Waals surface area contributed by atoms with Crippen molar-refractivity contribution in [3.8, 4) is 11.5 Å². The summed E-state index contributed by atoms with van der Waals surface area (Å²) in [5, 5.41) is 15.7. The Morgan fingerprint density at radius 2 is 2.14 bits per heavy atom. The second-order valence-corrected chi connectivity index (χ2v) is 5.35. The van der Waals surface area contributed by atoms with E-state index in [1.54, 1.807) is 17.9 Å². The molecule has 0 radical (unpaired) electrons. The maximum Gasteiger partial charge on any atom is 0.313 e. The van der Waals surface area contributed by atoms with Crippen LogP contribution in [0.1, 0.15) is 0 Å². The molecule has 0 spiro atoms. The van der Waals surface area contributed by atoms with E-state index in [9.17, 15) is 4.79 Å². The Bertz CT molecular complexity index is 810. The lowest BCUT2D eigenvalue weighted by molar-refractivity contribution is -0.133. The normalized spacial score (nSPS) is 10.9. The van der Waals surface area contributed by atoms with E-state index in [4.69, 9.17) is 5.11 Å². The summed E-state index contributed by atoms with van der Waals surface area (Å²) in [5.41, 5.74) is 0.700. The highest BCUT2D eigenvalue weighted by molar-refractivity contribution is 7.99. The second kappa shape index (κ2) is 5.53. The lowest BCUT2D eigenvalue weighted by Crippen LogP contribution is -2.00. The van der Waals surface area contributed by atoms with Gasteiger partial charge in [-0.05, 0) is 11.5 Å². The Morgan fingerprint density at radius 3 is 2.95 bits per heavy atom. The standard InChI is InChI=1S/C14H12N4O2S/c1-18-14(21-8-11(19)20)16-13(17-18)12-10-5-3-2-4-9(10)6-7-15-12/h2-7H,8H2,1H3,(H,19,20). The molecule has 0 fully saturated rings. The lowest BCUT2D eigenvalue weighted by Gasteiger charge is -2.00. The van der Waals surface area contributed by atoms with E-state index in [0.717, 1.165) is 22.5 Å². The maximum atomic E-state index is 10.6. The molecular weight excluding hydrogens is 288 g/mol. The molecule has 3 rings (SSSR count). The Hall–Kier alpha value is -2.41. The van der Waals surface area contributed by atoms with E-state index in [1.807, 2.05) is 30.3 Å². The summed E-state index contributed by atoms with van der Waals surface area (Å²) in [6.45, 7) is 0. The van der Waals surface area contributed by atoms with Gasteiger partial charge >= 0.3 is 5.97 Å². The summed E-state index contributed by atoms with van der Waals surface area (Å²) in [7, 11) is 1.74. The number of carbonyl (C=O) groups is 1. The first-order valence-corrected chi connectivity index (χ1v) is 7.23. The highest BCUT2D eigenvalue weighted by Crippen LogP contribution is 2.25. The number of nitrogens with zero attached hydrogens (tertiary/aromatic N) is 4. The molecule has 21 heavy (non-hydrogen) atoms. The van der Waals surface area contributed by atoms with Gasteiger partial charge < -0.3 is 5.11 Å². The molecule has 106 valence electrons. The Morgan fingerprint density at radius 1 is 1.33 bits per heavy atom. The van der Waals surface area contributed by atoms with Crippen molar-refractivity contribution in [2.24, 2.45) is 7.05 Å². The van der Waals surface area contributed by atoms with Crippen molar-refractivity contribution in [2.75, 3.05) is 5.75 Å². The molecular formula is C14H12N4O2S. The Labute approximate surface area is 124 Å². The van der Waals surface area contributed by atoms with Crippen LogP contribution in [0.4, 0.5) is 0 Å². The quantitative estimate of drug-likeness (QED) is 0.744. The first kappa shape index (κ1) is 13.6. The van der Waals surface area contributed by atoms with Crippen LogP contribution in [0.5, 0.6) is 0 Å². The smallest absolute Gasteiger partial charge is 0.313 e. The van der Waals surface area contributed by atoms with Gasteiger partial charge in [-0.1, -0.05) is 36.0 Å². The molecule has 0 saturated heterocycles. The first-order chi connectivity index (χ1) is 10.1. The molecule has 0 aliphatic heterocycles. The largest absolute Gasteiger partial charge is 0.481 e. The van der Waals surface area contributed by atoms with Crippen LogP contribution in [-0.4, -0.2) is 36.6 Å². The van der Waals surface area contributed by atoms with Gasteiger partial charge in [0.2, 0.25) is 5.82 Å². The number of aliphatic carboxylic acids is 1. The fourth-order valence-corrected chi connectivity index (χ4v) is 2.65. The molecule has 0 bridgehead atoms. The summed E-state index contributed by atoms with van der Waals surface area (Å²) in [6.07, 6.45) is 1.72. The molecule has 1 aromatic carbocycles. The van der Waals surface area contributed by atoms with Crippen LogP contribution in [0, 0.1) is 0 Å². The van der Waals surface area contributed by atoms with E-state index in [0.29, 0.717) is 16.7 Å². The number of aryl methyl sites for hydroxylation is 1. The minimum atomic E-state index is -0.882. The van der Waals surface area contributed by atoms with E-state index < -0.39 is 5.97 Å². The zero-order valence-electron chi connectivity index (χ0n) is 11.2. The van der Waals surface area contributed by atoms with Crippen LogP contribution in [0.3, 0.4) is 0 Å². The number of carboxylic acid groups (broad SMARTS) is 1. The Kier molecular flexibility index (Phi) is 3.57. The predicted molar refractivity (Wildman–Crippen MR) is 80.1 cm³/mol. The van der Waals surface area contributed by atoms with Gasteiger partial charge in [-0.25, -0.2) is 4.68 Å². The first-order valence-electron chi connectivity index (χ1n) is 6.25. The summed E-state index contributed by atoms with van der Waals surface area (Å²) in [5.74, 6) is -0.426. The third kappa shape index (κ3) is 2.73. The molecule has 2 aromatic heterocycles. The van der Waals surface area contributed by atoms with Crippen LogP contribution in [0.25, 0.3) is 22.3 Å². The summed E-state index contributed by atoms with van der Waals surface area (Å²) in [6, 6.07) is 9.81. The van der Waals surface area contributed by atoms with E-state index in [-0.39, 0.29) is 5.75 Å².